The molecular weight excluding hydrogens is 324 g/mol. The van der Waals surface area contributed by atoms with Crippen LogP contribution in [0.5, 0.6) is 5.75 Å². The van der Waals surface area contributed by atoms with Gasteiger partial charge >= 0.3 is 0 Å². The van der Waals surface area contributed by atoms with E-state index in [4.69, 9.17) is 4.74 Å². The Morgan fingerprint density at radius 2 is 1.73 bits per heavy atom. The predicted molar refractivity (Wildman–Crippen MR) is 107 cm³/mol. The lowest BCUT2D eigenvalue weighted by atomic mass is 9.87. The minimum Gasteiger partial charge on any atom is -0.495 e. The van der Waals surface area contributed by atoms with Crippen LogP contribution >= 0.6 is 0 Å². The Balaban J connectivity index is 1.97. The number of likely N-dealkylation sites (N-methyl/N-ethyl adjacent to an activating group) is 1. The summed E-state index contributed by atoms with van der Waals surface area (Å²) in [4.78, 5) is 13.7. The van der Waals surface area contributed by atoms with Gasteiger partial charge in [-0.1, -0.05) is 57.2 Å². The monoisotopic (exact) mass is 355 g/mol. The summed E-state index contributed by atoms with van der Waals surface area (Å²) in [5.74, 6) is 0.675. The van der Waals surface area contributed by atoms with Crippen molar-refractivity contribution in [1.29, 1.82) is 0 Å². The highest BCUT2D eigenvalue weighted by Gasteiger charge is 2.16. The van der Waals surface area contributed by atoms with Gasteiger partial charge in [-0.05, 0) is 30.0 Å². The first kappa shape index (κ1) is 20.0. The van der Waals surface area contributed by atoms with E-state index >= 15 is 0 Å². The van der Waals surface area contributed by atoms with Crippen molar-refractivity contribution >= 4 is 11.6 Å². The summed E-state index contributed by atoms with van der Waals surface area (Å²) < 4.78 is 5.29. The SMILES string of the molecule is CC[NH+](CC(=O)Nc1ccccc1OC)Cc1ccc(C(C)(C)C)cc1. The fourth-order valence-electron chi connectivity index (χ4n) is 2.89. The van der Waals surface area contributed by atoms with Crippen molar-refractivity contribution in [3.05, 3.63) is 59.7 Å². The second kappa shape index (κ2) is 8.86. The van der Waals surface area contributed by atoms with Gasteiger partial charge in [0.05, 0.1) is 19.3 Å². The van der Waals surface area contributed by atoms with Crippen molar-refractivity contribution in [3.8, 4) is 5.75 Å². The summed E-state index contributed by atoms with van der Waals surface area (Å²) in [6.45, 7) is 10.9. The van der Waals surface area contributed by atoms with Gasteiger partial charge in [-0.15, -0.1) is 0 Å². The number of ether oxygens (including phenoxy) is 1. The number of methoxy groups -OCH3 is 1. The molecule has 0 fully saturated rings. The fraction of sp³-hybridized carbons (Fsp3) is 0.409. The molecule has 140 valence electrons. The third kappa shape index (κ3) is 5.60. The molecule has 0 heterocycles. The molecule has 0 aromatic heterocycles. The first-order valence-corrected chi connectivity index (χ1v) is 9.19. The van der Waals surface area contributed by atoms with Gasteiger partial charge < -0.3 is 15.0 Å². The molecule has 4 nitrogen and oxygen atoms in total. The summed E-state index contributed by atoms with van der Waals surface area (Å²) in [6, 6.07) is 16.2. The number of nitrogens with one attached hydrogen (secondary N) is 2. The van der Waals surface area contributed by atoms with Gasteiger partial charge in [0, 0.05) is 5.56 Å². The molecule has 0 spiro atoms. The lowest BCUT2D eigenvalue weighted by Gasteiger charge is -2.21. The lowest BCUT2D eigenvalue weighted by Crippen LogP contribution is -3.11. The number of para-hydroxylation sites is 2. The standard InChI is InChI=1S/C22H30N2O2/c1-6-24(15-17-11-13-18(14-12-17)22(2,3)4)16-21(25)23-19-9-7-8-10-20(19)26-5/h7-14H,6,15-16H2,1-5H3,(H,23,25)/p+1. The normalized spacial score (nSPS) is 12.5. The van der Waals surface area contributed by atoms with E-state index in [1.165, 1.54) is 16.0 Å². The van der Waals surface area contributed by atoms with Crippen LogP contribution in [0.1, 0.15) is 38.8 Å². The molecule has 0 radical (unpaired) electrons. The van der Waals surface area contributed by atoms with Crippen molar-refractivity contribution in [1.82, 2.24) is 0 Å². The number of amides is 1. The number of anilines is 1. The molecule has 2 rings (SSSR count). The number of rotatable bonds is 7. The molecular formula is C22H31N2O2+. The Kier molecular flexibility index (Phi) is 6.81. The first-order valence-electron chi connectivity index (χ1n) is 9.19. The Bertz CT molecular complexity index is 718. The molecule has 4 heteroatoms. The Labute approximate surface area is 157 Å². The summed E-state index contributed by atoms with van der Waals surface area (Å²) in [7, 11) is 1.61. The van der Waals surface area contributed by atoms with Crippen LogP contribution in [0.15, 0.2) is 48.5 Å². The smallest absolute Gasteiger partial charge is 0.279 e. The highest BCUT2D eigenvalue weighted by Crippen LogP contribution is 2.23. The Hall–Kier alpha value is -2.33. The minimum absolute atomic E-state index is 0.00217. The number of carbonyl (C=O) groups excluding carboxylic acids is 1. The van der Waals surface area contributed by atoms with Gasteiger partial charge in [-0.25, -0.2) is 0 Å². The zero-order valence-electron chi connectivity index (χ0n) is 16.6. The van der Waals surface area contributed by atoms with Crippen molar-refractivity contribution in [2.75, 3.05) is 25.5 Å². The van der Waals surface area contributed by atoms with Crippen molar-refractivity contribution < 1.29 is 14.4 Å². The van der Waals surface area contributed by atoms with Gasteiger partial charge in [0.25, 0.3) is 5.91 Å². The van der Waals surface area contributed by atoms with Crippen LogP contribution < -0.4 is 15.0 Å². The maximum absolute atomic E-state index is 12.4. The molecule has 0 aliphatic heterocycles. The molecule has 0 bridgehead atoms. The molecule has 0 aliphatic rings. The van der Waals surface area contributed by atoms with Crippen LogP contribution in [-0.2, 0) is 16.8 Å². The lowest BCUT2D eigenvalue weighted by molar-refractivity contribution is -0.903. The molecule has 1 unspecified atom stereocenters. The molecule has 2 aromatic rings. The number of quaternary nitrogens is 1. The summed E-state index contributed by atoms with van der Waals surface area (Å²) in [6.07, 6.45) is 0. The quantitative estimate of drug-likeness (QED) is 0.802. The number of hydrogen-bond donors (Lipinski definition) is 2. The van der Waals surface area contributed by atoms with E-state index in [9.17, 15) is 4.79 Å². The van der Waals surface area contributed by atoms with Gasteiger partial charge in [0.15, 0.2) is 6.54 Å². The van der Waals surface area contributed by atoms with E-state index in [-0.39, 0.29) is 11.3 Å². The number of hydrogen-bond acceptors (Lipinski definition) is 2. The number of carbonyl (C=O) groups is 1. The van der Waals surface area contributed by atoms with E-state index in [1.54, 1.807) is 7.11 Å². The van der Waals surface area contributed by atoms with E-state index in [0.717, 1.165) is 13.1 Å². The highest BCUT2D eigenvalue weighted by molar-refractivity contribution is 5.92. The van der Waals surface area contributed by atoms with E-state index in [2.05, 4.69) is 57.3 Å². The summed E-state index contributed by atoms with van der Waals surface area (Å²) in [5, 5.41) is 2.96. The van der Waals surface area contributed by atoms with Crippen molar-refractivity contribution in [2.45, 2.75) is 39.7 Å². The van der Waals surface area contributed by atoms with Gasteiger partial charge in [0.1, 0.15) is 12.3 Å². The van der Waals surface area contributed by atoms with Gasteiger partial charge in [0.2, 0.25) is 0 Å². The van der Waals surface area contributed by atoms with Gasteiger partial charge in [-0.3, -0.25) is 4.79 Å². The van der Waals surface area contributed by atoms with Crippen molar-refractivity contribution in [2.24, 2.45) is 0 Å². The second-order valence-corrected chi connectivity index (χ2v) is 7.65. The Morgan fingerprint density at radius 3 is 2.31 bits per heavy atom. The summed E-state index contributed by atoms with van der Waals surface area (Å²) in [5.41, 5.74) is 3.45. The maximum Gasteiger partial charge on any atom is 0.279 e. The van der Waals surface area contributed by atoms with Crippen LogP contribution in [0, 0.1) is 0 Å². The maximum atomic E-state index is 12.4. The zero-order valence-corrected chi connectivity index (χ0v) is 16.6. The molecule has 1 amide bonds. The van der Waals surface area contributed by atoms with Crippen LogP contribution in [0.4, 0.5) is 5.69 Å². The molecule has 0 saturated carbocycles. The topological polar surface area (TPSA) is 42.8 Å². The molecule has 0 saturated heterocycles. The van der Waals surface area contributed by atoms with Crippen molar-refractivity contribution in [3.63, 3.8) is 0 Å². The minimum atomic E-state index is -0.00217. The molecule has 2 N–H and O–H groups in total. The third-order valence-corrected chi connectivity index (χ3v) is 4.57. The van der Waals surface area contributed by atoms with Gasteiger partial charge in [-0.2, -0.15) is 0 Å². The van der Waals surface area contributed by atoms with Crippen LogP contribution in [0.3, 0.4) is 0 Å². The first-order chi connectivity index (χ1) is 12.3. The third-order valence-electron chi connectivity index (χ3n) is 4.57. The zero-order chi connectivity index (χ0) is 19.2. The van der Waals surface area contributed by atoms with Crippen LogP contribution in [0.2, 0.25) is 0 Å². The van der Waals surface area contributed by atoms with E-state index in [0.29, 0.717) is 18.0 Å². The second-order valence-electron chi connectivity index (χ2n) is 7.65. The highest BCUT2D eigenvalue weighted by atomic mass is 16.5. The Morgan fingerprint density at radius 1 is 1.08 bits per heavy atom. The average molecular weight is 356 g/mol. The predicted octanol–water partition coefficient (Wildman–Crippen LogP) is 3.04. The molecule has 26 heavy (non-hydrogen) atoms. The van der Waals surface area contributed by atoms with Crippen LogP contribution in [-0.4, -0.2) is 26.1 Å². The largest absolute Gasteiger partial charge is 0.495 e. The summed E-state index contributed by atoms with van der Waals surface area (Å²) >= 11 is 0. The average Bonchev–Trinajstić information content (AvgIpc) is 2.61. The number of benzene rings is 2. The molecule has 0 aliphatic carbocycles. The fourth-order valence-corrected chi connectivity index (χ4v) is 2.89. The molecule has 2 aromatic carbocycles. The van der Waals surface area contributed by atoms with E-state index in [1.807, 2.05) is 24.3 Å². The van der Waals surface area contributed by atoms with Crippen LogP contribution in [0.25, 0.3) is 0 Å². The molecule has 1 atom stereocenters. The van der Waals surface area contributed by atoms with E-state index < -0.39 is 0 Å².